The summed E-state index contributed by atoms with van der Waals surface area (Å²) >= 11 is 3.21. The number of halogens is 1. The van der Waals surface area contributed by atoms with Crippen molar-refractivity contribution in [3.8, 4) is 5.75 Å². The number of hydrogen-bond acceptors (Lipinski definition) is 2. The zero-order chi connectivity index (χ0) is 12.8. The molecule has 1 aromatic carbocycles. The maximum Gasteiger partial charge on any atom is 0.328 e. The lowest BCUT2D eigenvalue weighted by atomic mass is 10.1. The fourth-order valence-electron chi connectivity index (χ4n) is 1.32. The third-order valence-corrected chi connectivity index (χ3v) is 2.25. The number of aliphatic carboxylic acids is 1. The lowest BCUT2D eigenvalue weighted by Crippen LogP contribution is -2.00. The van der Waals surface area contributed by atoms with Crippen molar-refractivity contribution in [2.45, 2.75) is 6.92 Å². The topological polar surface area (TPSA) is 46.5 Å². The first-order valence-corrected chi connectivity index (χ1v) is 5.76. The molecule has 17 heavy (non-hydrogen) atoms. The molecule has 0 heterocycles. The Balaban J connectivity index is 2.99. The van der Waals surface area contributed by atoms with Crippen LogP contribution in [0.1, 0.15) is 11.1 Å². The Morgan fingerprint density at radius 2 is 2.29 bits per heavy atom. The van der Waals surface area contributed by atoms with E-state index in [1.54, 1.807) is 6.07 Å². The van der Waals surface area contributed by atoms with Gasteiger partial charge in [0.1, 0.15) is 12.4 Å². The molecule has 0 fully saturated rings. The highest BCUT2D eigenvalue weighted by Crippen LogP contribution is 2.25. The molecule has 1 N–H and O–H groups in total. The van der Waals surface area contributed by atoms with Crippen molar-refractivity contribution in [3.63, 3.8) is 0 Å². The van der Waals surface area contributed by atoms with E-state index in [9.17, 15) is 4.79 Å². The molecule has 0 radical (unpaired) electrons. The average molecular weight is 297 g/mol. The van der Waals surface area contributed by atoms with E-state index in [4.69, 9.17) is 9.84 Å². The van der Waals surface area contributed by atoms with Crippen LogP contribution in [0.15, 0.2) is 35.3 Å². The van der Waals surface area contributed by atoms with Crippen LogP contribution in [0.4, 0.5) is 0 Å². The van der Waals surface area contributed by atoms with Gasteiger partial charge >= 0.3 is 5.97 Å². The molecule has 0 aromatic heterocycles. The molecule has 0 aliphatic carbocycles. The van der Waals surface area contributed by atoms with E-state index < -0.39 is 5.97 Å². The van der Waals surface area contributed by atoms with Crippen LogP contribution in [-0.4, -0.2) is 17.7 Å². The molecular formula is C13H13BrO3. The SMILES string of the molecule is C=C(Br)COc1c(C)cccc1/C=C/C(=O)O. The van der Waals surface area contributed by atoms with Gasteiger partial charge < -0.3 is 9.84 Å². The van der Waals surface area contributed by atoms with Gasteiger partial charge in [-0.05, 0) is 18.6 Å². The second-order valence-corrected chi connectivity index (χ2v) is 4.59. The third-order valence-electron chi connectivity index (χ3n) is 2.02. The second-order valence-electron chi connectivity index (χ2n) is 3.47. The molecule has 1 rings (SSSR count). The van der Waals surface area contributed by atoms with Crippen molar-refractivity contribution in [1.82, 2.24) is 0 Å². The summed E-state index contributed by atoms with van der Waals surface area (Å²) in [6.07, 6.45) is 2.60. The zero-order valence-electron chi connectivity index (χ0n) is 9.44. The van der Waals surface area contributed by atoms with Crippen LogP contribution in [0.2, 0.25) is 0 Å². The van der Waals surface area contributed by atoms with E-state index in [1.165, 1.54) is 6.08 Å². The van der Waals surface area contributed by atoms with E-state index in [-0.39, 0.29) is 0 Å². The highest BCUT2D eigenvalue weighted by molar-refractivity contribution is 9.11. The molecule has 1 aromatic rings. The molecule has 4 heteroatoms. The van der Waals surface area contributed by atoms with Crippen LogP contribution in [-0.2, 0) is 4.79 Å². The van der Waals surface area contributed by atoms with Gasteiger partial charge in [-0.1, -0.05) is 40.7 Å². The van der Waals surface area contributed by atoms with Gasteiger partial charge in [0.15, 0.2) is 0 Å². The minimum atomic E-state index is -0.984. The van der Waals surface area contributed by atoms with Crippen molar-refractivity contribution < 1.29 is 14.6 Å². The van der Waals surface area contributed by atoms with Crippen molar-refractivity contribution in [2.75, 3.05) is 6.61 Å². The van der Waals surface area contributed by atoms with E-state index in [1.807, 2.05) is 19.1 Å². The monoisotopic (exact) mass is 296 g/mol. The number of carboxylic acids is 1. The van der Waals surface area contributed by atoms with Crippen LogP contribution >= 0.6 is 15.9 Å². The summed E-state index contributed by atoms with van der Waals surface area (Å²) < 4.78 is 6.30. The molecule has 0 amide bonds. The first-order valence-electron chi connectivity index (χ1n) is 4.97. The highest BCUT2D eigenvalue weighted by Gasteiger charge is 2.05. The maximum absolute atomic E-state index is 10.5. The number of hydrogen-bond donors (Lipinski definition) is 1. The summed E-state index contributed by atoms with van der Waals surface area (Å²) in [7, 11) is 0. The van der Waals surface area contributed by atoms with Crippen LogP contribution in [0.5, 0.6) is 5.75 Å². The molecule has 0 atom stereocenters. The Kier molecular flexibility index (Phi) is 4.97. The average Bonchev–Trinajstić information content (AvgIpc) is 2.24. The summed E-state index contributed by atoms with van der Waals surface area (Å²) in [6, 6.07) is 5.57. The van der Waals surface area contributed by atoms with Gasteiger partial charge in [0.2, 0.25) is 0 Å². The first-order chi connectivity index (χ1) is 8.00. The van der Waals surface area contributed by atoms with Crippen LogP contribution in [0.3, 0.4) is 0 Å². The quantitative estimate of drug-likeness (QED) is 0.847. The molecule has 90 valence electrons. The fraction of sp³-hybridized carbons (Fsp3) is 0.154. The lowest BCUT2D eigenvalue weighted by Gasteiger charge is -2.11. The predicted molar refractivity (Wildman–Crippen MR) is 71.4 cm³/mol. The van der Waals surface area contributed by atoms with Crippen LogP contribution < -0.4 is 4.74 Å². The van der Waals surface area contributed by atoms with Gasteiger partial charge in [-0.2, -0.15) is 0 Å². The summed E-state index contributed by atoms with van der Waals surface area (Å²) in [5.74, 6) is -0.312. The van der Waals surface area contributed by atoms with Gasteiger partial charge in [0.25, 0.3) is 0 Å². The number of carbonyl (C=O) groups is 1. The molecule has 0 saturated carbocycles. The molecule has 0 aliphatic rings. The standard InChI is InChI=1S/C13H13BrO3/c1-9-4-3-5-11(6-7-12(15)16)13(9)17-8-10(2)14/h3-7H,2,8H2,1H3,(H,15,16)/b7-6+. The van der Waals surface area contributed by atoms with Crippen molar-refractivity contribution in [2.24, 2.45) is 0 Å². The van der Waals surface area contributed by atoms with E-state index in [0.29, 0.717) is 12.4 Å². The molecule has 0 saturated heterocycles. The maximum atomic E-state index is 10.5. The van der Waals surface area contributed by atoms with Crippen molar-refractivity contribution in [1.29, 1.82) is 0 Å². The van der Waals surface area contributed by atoms with E-state index in [0.717, 1.165) is 21.7 Å². The second kappa shape index (κ2) is 6.25. The molecule has 0 spiro atoms. The lowest BCUT2D eigenvalue weighted by molar-refractivity contribution is -0.131. The van der Waals surface area contributed by atoms with Gasteiger partial charge in [0, 0.05) is 16.1 Å². The first kappa shape index (κ1) is 13.5. The Morgan fingerprint density at radius 1 is 1.59 bits per heavy atom. The Morgan fingerprint density at radius 3 is 2.88 bits per heavy atom. The van der Waals surface area contributed by atoms with Gasteiger partial charge in [-0.3, -0.25) is 0 Å². The molecular weight excluding hydrogens is 284 g/mol. The van der Waals surface area contributed by atoms with Crippen molar-refractivity contribution in [3.05, 3.63) is 46.5 Å². The smallest absolute Gasteiger partial charge is 0.328 e. The summed E-state index contributed by atoms with van der Waals surface area (Å²) in [6.45, 7) is 5.94. The minimum absolute atomic E-state index is 0.346. The number of benzene rings is 1. The van der Waals surface area contributed by atoms with Crippen LogP contribution in [0.25, 0.3) is 6.08 Å². The van der Waals surface area contributed by atoms with Gasteiger partial charge in [-0.25, -0.2) is 4.79 Å². The third kappa shape index (κ3) is 4.44. The molecule has 0 unspecified atom stereocenters. The largest absolute Gasteiger partial charge is 0.487 e. The normalized spacial score (nSPS) is 10.5. The Bertz CT molecular complexity index is 464. The predicted octanol–water partition coefficient (Wildman–Crippen LogP) is 3.38. The van der Waals surface area contributed by atoms with Crippen LogP contribution in [0, 0.1) is 6.92 Å². The number of carboxylic acid groups (broad SMARTS) is 1. The number of para-hydroxylation sites is 1. The Labute approximate surface area is 109 Å². The summed E-state index contributed by atoms with van der Waals surface area (Å²) in [5.41, 5.74) is 1.69. The van der Waals surface area contributed by atoms with Gasteiger partial charge in [0.05, 0.1) is 0 Å². The summed E-state index contributed by atoms with van der Waals surface area (Å²) in [4.78, 5) is 10.5. The molecule has 0 bridgehead atoms. The fourth-order valence-corrected chi connectivity index (χ4v) is 1.43. The molecule has 3 nitrogen and oxygen atoms in total. The van der Waals surface area contributed by atoms with E-state index >= 15 is 0 Å². The number of ether oxygens (including phenoxy) is 1. The van der Waals surface area contributed by atoms with Gasteiger partial charge in [-0.15, -0.1) is 0 Å². The highest BCUT2D eigenvalue weighted by atomic mass is 79.9. The molecule has 0 aliphatic heterocycles. The number of aryl methyl sites for hydroxylation is 1. The minimum Gasteiger partial charge on any atom is -0.487 e. The Hall–Kier alpha value is -1.55. The zero-order valence-corrected chi connectivity index (χ0v) is 11.0. The van der Waals surface area contributed by atoms with Crippen molar-refractivity contribution >= 4 is 28.0 Å². The van der Waals surface area contributed by atoms with E-state index in [2.05, 4.69) is 22.5 Å². The summed E-state index contributed by atoms with van der Waals surface area (Å²) in [5, 5.41) is 8.60. The number of rotatable bonds is 5.